The van der Waals surface area contributed by atoms with Crippen molar-refractivity contribution in [3.05, 3.63) is 47.0 Å². The average Bonchev–Trinajstić information content (AvgIpc) is 2.86. The number of nitrogens with zero attached hydrogens (tertiary/aromatic N) is 1. The molecule has 4 rings (SSSR count). The Balaban J connectivity index is 1.47. The van der Waals surface area contributed by atoms with E-state index in [-0.39, 0.29) is 6.04 Å². The Morgan fingerprint density at radius 3 is 2.27 bits per heavy atom. The van der Waals surface area contributed by atoms with Crippen LogP contribution in [0.25, 0.3) is 0 Å². The zero-order chi connectivity index (χ0) is 23.2. The minimum absolute atomic E-state index is 0.274. The number of hydrogen-bond acceptors (Lipinski definition) is 5. The zero-order valence-electron chi connectivity index (χ0n) is 20.7. The maximum Gasteiger partial charge on any atom is 0.161 e. The molecule has 1 saturated carbocycles. The molecule has 0 spiro atoms. The van der Waals surface area contributed by atoms with E-state index in [1.165, 1.54) is 48.8 Å². The van der Waals surface area contributed by atoms with Gasteiger partial charge in [-0.25, -0.2) is 0 Å². The monoisotopic (exact) mass is 453 g/mol. The van der Waals surface area contributed by atoms with Gasteiger partial charge in [-0.1, -0.05) is 38.2 Å². The molecule has 1 atom stereocenters. The average molecular weight is 454 g/mol. The highest BCUT2D eigenvalue weighted by Gasteiger charge is 2.27. The van der Waals surface area contributed by atoms with E-state index in [0.29, 0.717) is 0 Å². The van der Waals surface area contributed by atoms with Gasteiger partial charge in [0.25, 0.3) is 0 Å². The maximum absolute atomic E-state index is 6.14. The van der Waals surface area contributed by atoms with Crippen molar-refractivity contribution >= 4 is 0 Å². The van der Waals surface area contributed by atoms with Crippen molar-refractivity contribution in [1.29, 1.82) is 0 Å². The molecule has 0 radical (unpaired) electrons. The van der Waals surface area contributed by atoms with E-state index in [4.69, 9.17) is 18.9 Å². The third kappa shape index (κ3) is 5.57. The second-order valence-electron chi connectivity index (χ2n) is 9.48. The molecule has 1 aliphatic heterocycles. The highest BCUT2D eigenvalue weighted by molar-refractivity contribution is 5.50. The van der Waals surface area contributed by atoms with Gasteiger partial charge < -0.3 is 18.9 Å². The van der Waals surface area contributed by atoms with Crippen molar-refractivity contribution in [2.75, 3.05) is 41.5 Å². The van der Waals surface area contributed by atoms with Crippen LogP contribution in [0.1, 0.15) is 61.3 Å². The SMILES string of the molecule is COc1cc2c(cc1OC)C(Cc1ccc(OCCC3CCCCC3)c(OC)c1)N(C)CC2. The topological polar surface area (TPSA) is 40.2 Å². The minimum atomic E-state index is 0.274. The van der Waals surface area contributed by atoms with E-state index in [1.807, 2.05) is 0 Å². The summed E-state index contributed by atoms with van der Waals surface area (Å²) in [6.07, 6.45) is 9.91. The van der Waals surface area contributed by atoms with Gasteiger partial charge in [0.1, 0.15) is 0 Å². The largest absolute Gasteiger partial charge is 0.493 e. The van der Waals surface area contributed by atoms with E-state index >= 15 is 0 Å². The molecule has 0 N–H and O–H groups in total. The summed E-state index contributed by atoms with van der Waals surface area (Å²) in [5.41, 5.74) is 3.89. The molecule has 2 aliphatic rings. The number of ether oxygens (including phenoxy) is 4. The normalized spacial score (nSPS) is 19.1. The van der Waals surface area contributed by atoms with Crippen LogP contribution in [-0.4, -0.2) is 46.4 Å². The molecule has 1 fully saturated rings. The van der Waals surface area contributed by atoms with Crippen molar-refractivity contribution in [2.45, 2.75) is 57.4 Å². The Morgan fingerprint density at radius 1 is 0.848 bits per heavy atom. The van der Waals surface area contributed by atoms with E-state index in [0.717, 1.165) is 61.3 Å². The number of benzene rings is 2. The van der Waals surface area contributed by atoms with Crippen LogP contribution in [0.15, 0.2) is 30.3 Å². The molecule has 5 heteroatoms. The summed E-state index contributed by atoms with van der Waals surface area (Å²) in [5.74, 6) is 4.08. The van der Waals surface area contributed by atoms with E-state index < -0.39 is 0 Å². The second kappa shape index (κ2) is 11.1. The Bertz CT molecular complexity index is 922. The predicted octanol–water partition coefficient (Wildman–Crippen LogP) is 5.83. The molecule has 2 aromatic carbocycles. The van der Waals surface area contributed by atoms with Gasteiger partial charge in [0, 0.05) is 12.6 Å². The van der Waals surface area contributed by atoms with Crippen LogP contribution < -0.4 is 18.9 Å². The lowest BCUT2D eigenvalue weighted by Crippen LogP contribution is -2.33. The molecule has 0 amide bonds. The van der Waals surface area contributed by atoms with Crippen LogP contribution in [-0.2, 0) is 12.8 Å². The second-order valence-corrected chi connectivity index (χ2v) is 9.48. The molecule has 5 nitrogen and oxygen atoms in total. The Hall–Kier alpha value is -2.40. The summed E-state index contributed by atoms with van der Waals surface area (Å²) < 4.78 is 23.0. The molecule has 2 aromatic rings. The van der Waals surface area contributed by atoms with E-state index in [9.17, 15) is 0 Å². The summed E-state index contributed by atoms with van der Waals surface area (Å²) in [6.45, 7) is 1.79. The zero-order valence-corrected chi connectivity index (χ0v) is 20.7. The van der Waals surface area contributed by atoms with Crippen LogP contribution in [0.5, 0.6) is 23.0 Å². The smallest absolute Gasteiger partial charge is 0.161 e. The molecule has 0 saturated heterocycles. The summed E-state index contributed by atoms with van der Waals surface area (Å²) >= 11 is 0. The summed E-state index contributed by atoms with van der Waals surface area (Å²) in [4.78, 5) is 2.43. The number of fused-ring (bicyclic) bond motifs is 1. The molecule has 1 aliphatic carbocycles. The van der Waals surface area contributed by atoms with Crippen molar-refractivity contribution < 1.29 is 18.9 Å². The maximum atomic E-state index is 6.14. The first-order chi connectivity index (χ1) is 16.1. The Morgan fingerprint density at radius 2 is 1.55 bits per heavy atom. The fourth-order valence-corrected chi connectivity index (χ4v) is 5.41. The van der Waals surface area contributed by atoms with Gasteiger partial charge in [-0.05, 0) is 73.2 Å². The molecular formula is C28H39NO4. The lowest BCUT2D eigenvalue weighted by molar-refractivity contribution is 0.227. The molecule has 180 valence electrons. The predicted molar refractivity (Wildman–Crippen MR) is 132 cm³/mol. The molecule has 1 unspecified atom stereocenters. The lowest BCUT2D eigenvalue weighted by Gasteiger charge is -2.35. The van der Waals surface area contributed by atoms with Crippen LogP contribution in [0.3, 0.4) is 0 Å². The molecule has 1 heterocycles. The van der Waals surface area contributed by atoms with E-state index in [1.54, 1.807) is 21.3 Å². The molecular weight excluding hydrogens is 414 g/mol. The summed E-state index contributed by atoms with van der Waals surface area (Å²) in [6, 6.07) is 11.0. The first kappa shape index (κ1) is 23.7. The summed E-state index contributed by atoms with van der Waals surface area (Å²) in [5, 5.41) is 0. The van der Waals surface area contributed by atoms with Gasteiger partial charge in [-0.2, -0.15) is 0 Å². The Kier molecular flexibility index (Phi) is 8.02. The van der Waals surface area contributed by atoms with Gasteiger partial charge in [0.05, 0.1) is 27.9 Å². The highest BCUT2D eigenvalue weighted by Crippen LogP contribution is 2.40. The molecule has 0 aromatic heterocycles. The van der Waals surface area contributed by atoms with Gasteiger partial charge in [0.15, 0.2) is 23.0 Å². The van der Waals surface area contributed by atoms with Crippen molar-refractivity contribution in [2.24, 2.45) is 5.92 Å². The summed E-state index contributed by atoms with van der Waals surface area (Å²) in [7, 11) is 7.32. The van der Waals surface area contributed by atoms with Gasteiger partial charge in [-0.15, -0.1) is 0 Å². The first-order valence-electron chi connectivity index (χ1n) is 12.4. The fraction of sp³-hybridized carbons (Fsp3) is 0.571. The van der Waals surface area contributed by atoms with Gasteiger partial charge in [-0.3, -0.25) is 4.90 Å². The van der Waals surface area contributed by atoms with Gasteiger partial charge in [0.2, 0.25) is 0 Å². The van der Waals surface area contributed by atoms with Crippen molar-refractivity contribution in [1.82, 2.24) is 4.90 Å². The van der Waals surface area contributed by atoms with E-state index in [2.05, 4.69) is 42.3 Å². The van der Waals surface area contributed by atoms with Crippen molar-refractivity contribution in [3.8, 4) is 23.0 Å². The third-order valence-corrected chi connectivity index (χ3v) is 7.44. The van der Waals surface area contributed by atoms with Gasteiger partial charge >= 0.3 is 0 Å². The molecule has 33 heavy (non-hydrogen) atoms. The standard InChI is InChI=1S/C28H39NO4/c1-29-14-12-22-18-27(31-3)28(32-4)19-23(22)24(29)16-21-10-11-25(26(17-21)30-2)33-15-13-20-8-6-5-7-9-20/h10-11,17-20,24H,5-9,12-16H2,1-4H3. The number of likely N-dealkylation sites (N-methyl/N-ethyl adjacent to an activating group) is 1. The van der Waals surface area contributed by atoms with Crippen LogP contribution in [0.2, 0.25) is 0 Å². The number of rotatable bonds is 9. The minimum Gasteiger partial charge on any atom is -0.493 e. The third-order valence-electron chi connectivity index (χ3n) is 7.44. The molecule has 0 bridgehead atoms. The highest BCUT2D eigenvalue weighted by atomic mass is 16.5. The fourth-order valence-electron chi connectivity index (χ4n) is 5.41. The quantitative estimate of drug-likeness (QED) is 0.477. The Labute approximate surface area is 199 Å². The van der Waals surface area contributed by atoms with Crippen LogP contribution in [0.4, 0.5) is 0 Å². The lowest BCUT2D eigenvalue weighted by atomic mass is 9.87. The first-order valence-corrected chi connectivity index (χ1v) is 12.4. The number of hydrogen-bond donors (Lipinski definition) is 0. The van der Waals surface area contributed by atoms with Crippen LogP contribution in [0, 0.1) is 5.92 Å². The van der Waals surface area contributed by atoms with Crippen molar-refractivity contribution in [3.63, 3.8) is 0 Å². The van der Waals surface area contributed by atoms with Crippen LogP contribution >= 0.6 is 0 Å². The number of methoxy groups -OCH3 is 3.